The lowest BCUT2D eigenvalue weighted by molar-refractivity contribution is 0.0741. The zero-order chi connectivity index (χ0) is 27.1. The first kappa shape index (κ1) is 27.0. The van der Waals surface area contributed by atoms with Crippen LogP contribution in [0.25, 0.3) is 16.8 Å². The summed E-state index contributed by atoms with van der Waals surface area (Å²) in [4.78, 5) is 4.14. The van der Waals surface area contributed by atoms with Crippen LogP contribution in [-0.4, -0.2) is 28.5 Å². The van der Waals surface area contributed by atoms with Crippen molar-refractivity contribution >= 4 is 22.7 Å². The molecule has 1 aromatic heterocycles. The molecular weight excluding hydrogens is 529 g/mol. The van der Waals surface area contributed by atoms with Crippen molar-refractivity contribution < 1.29 is 32.1 Å². The Balaban J connectivity index is 1.80. The number of aliphatic hydroxyl groups excluding tert-OH is 1. The molecule has 0 radical (unpaired) electrons. The molecule has 0 amide bonds. The predicted molar refractivity (Wildman–Crippen MR) is 133 cm³/mol. The minimum atomic E-state index is -2.57. The zero-order valence-electron chi connectivity index (χ0n) is 19.7. The Labute approximate surface area is 218 Å². The summed E-state index contributed by atoms with van der Waals surface area (Å²) in [7, 11) is 0. The van der Waals surface area contributed by atoms with Crippen molar-refractivity contribution in [2.75, 3.05) is 0 Å². The highest BCUT2D eigenvalue weighted by Gasteiger charge is 2.24. The number of hydrogen-bond donors (Lipinski definition) is 3. The lowest BCUT2D eigenvalue weighted by Crippen LogP contribution is -2.16. The summed E-state index contributed by atoms with van der Waals surface area (Å²) in [6, 6.07) is 10.2. The van der Waals surface area contributed by atoms with Gasteiger partial charge in [-0.2, -0.15) is 0 Å². The molecule has 4 rings (SSSR count). The van der Waals surface area contributed by atoms with Crippen LogP contribution in [0.2, 0.25) is 5.02 Å². The fraction of sp³-hybridized carbons (Fsp3) is 0.192. The molecule has 0 saturated heterocycles. The van der Waals surface area contributed by atoms with Gasteiger partial charge < -0.3 is 19.3 Å². The standard InChI is InChI=1S/C26H22ClF3N2O4S/c1-26(2,34)24-12-32(25(31-24)10-15-3-5-17(28)11-19(15)27)22-6-4-14(7-21(22)30)16-8-20(29)18(13-33)23(9-16)37(35)36/h3-9,11-12,33-34H,10,13H2,1-2H3,(H,35,36). The van der Waals surface area contributed by atoms with Gasteiger partial charge in [0.25, 0.3) is 0 Å². The number of hydrogen-bond acceptors (Lipinski definition) is 4. The highest BCUT2D eigenvalue weighted by atomic mass is 35.5. The van der Waals surface area contributed by atoms with Crippen LogP contribution in [0.5, 0.6) is 0 Å². The van der Waals surface area contributed by atoms with Crippen molar-refractivity contribution in [1.82, 2.24) is 9.55 Å². The van der Waals surface area contributed by atoms with Gasteiger partial charge in [0.2, 0.25) is 0 Å². The monoisotopic (exact) mass is 550 g/mol. The number of rotatable bonds is 7. The summed E-state index contributed by atoms with van der Waals surface area (Å²) in [5.74, 6) is -1.80. The fourth-order valence-corrected chi connectivity index (χ4v) is 4.69. The molecule has 4 aromatic rings. The van der Waals surface area contributed by atoms with Gasteiger partial charge >= 0.3 is 0 Å². The van der Waals surface area contributed by atoms with Gasteiger partial charge in [-0.25, -0.2) is 22.4 Å². The lowest BCUT2D eigenvalue weighted by atomic mass is 10.0. The van der Waals surface area contributed by atoms with Crippen LogP contribution in [0.1, 0.15) is 36.5 Å². The number of benzene rings is 3. The second-order valence-corrected chi connectivity index (χ2v) is 10.2. The summed E-state index contributed by atoms with van der Waals surface area (Å²) in [5, 5.41) is 20.0. The molecule has 0 saturated carbocycles. The van der Waals surface area contributed by atoms with Gasteiger partial charge in [0.15, 0.2) is 11.1 Å². The zero-order valence-corrected chi connectivity index (χ0v) is 21.2. The van der Waals surface area contributed by atoms with Crippen molar-refractivity contribution in [2.45, 2.75) is 37.4 Å². The van der Waals surface area contributed by atoms with Crippen LogP contribution >= 0.6 is 11.6 Å². The highest BCUT2D eigenvalue weighted by Crippen LogP contribution is 2.31. The molecule has 37 heavy (non-hydrogen) atoms. The summed E-state index contributed by atoms with van der Waals surface area (Å²) in [6.45, 7) is 2.29. The summed E-state index contributed by atoms with van der Waals surface area (Å²) in [5.41, 5.74) is -0.424. The first-order valence-corrected chi connectivity index (χ1v) is 12.5. The van der Waals surface area contributed by atoms with Crippen LogP contribution in [0, 0.1) is 17.5 Å². The van der Waals surface area contributed by atoms with E-state index in [1.54, 1.807) is 0 Å². The van der Waals surface area contributed by atoms with Gasteiger partial charge in [-0.1, -0.05) is 23.7 Å². The van der Waals surface area contributed by atoms with E-state index < -0.39 is 40.7 Å². The molecule has 1 unspecified atom stereocenters. The topological polar surface area (TPSA) is 95.6 Å². The summed E-state index contributed by atoms with van der Waals surface area (Å²) >= 11 is 3.61. The van der Waals surface area contributed by atoms with Crippen molar-refractivity contribution in [3.8, 4) is 16.8 Å². The number of halogens is 4. The van der Waals surface area contributed by atoms with E-state index in [9.17, 15) is 27.8 Å². The van der Waals surface area contributed by atoms with E-state index in [2.05, 4.69) is 4.98 Å². The molecule has 6 nitrogen and oxygen atoms in total. The normalized spacial score (nSPS) is 12.7. The molecule has 0 spiro atoms. The van der Waals surface area contributed by atoms with E-state index in [4.69, 9.17) is 11.6 Å². The van der Waals surface area contributed by atoms with E-state index in [0.717, 1.165) is 18.2 Å². The average Bonchev–Trinajstić information content (AvgIpc) is 3.24. The lowest BCUT2D eigenvalue weighted by Gasteiger charge is -2.13. The van der Waals surface area contributed by atoms with Crippen LogP contribution in [0.3, 0.4) is 0 Å². The van der Waals surface area contributed by atoms with E-state index in [1.807, 2.05) is 0 Å². The first-order valence-electron chi connectivity index (χ1n) is 11.0. The molecule has 3 N–H and O–H groups in total. The Hall–Kier alpha value is -3.02. The van der Waals surface area contributed by atoms with Gasteiger partial charge in [-0.3, -0.25) is 0 Å². The maximum absolute atomic E-state index is 15.5. The molecule has 0 aliphatic heterocycles. The van der Waals surface area contributed by atoms with E-state index in [0.29, 0.717) is 11.4 Å². The van der Waals surface area contributed by atoms with Gasteiger partial charge in [-0.15, -0.1) is 0 Å². The quantitative estimate of drug-likeness (QED) is 0.264. The Morgan fingerprint density at radius 3 is 2.32 bits per heavy atom. The second-order valence-electron chi connectivity index (χ2n) is 8.89. The number of aromatic nitrogens is 2. The molecule has 194 valence electrons. The Morgan fingerprint density at radius 1 is 1.03 bits per heavy atom. The van der Waals surface area contributed by atoms with Gasteiger partial charge in [-0.05, 0) is 66.9 Å². The molecule has 0 bridgehead atoms. The van der Waals surface area contributed by atoms with Crippen LogP contribution in [-0.2, 0) is 29.7 Å². The fourth-order valence-electron chi connectivity index (χ4n) is 3.85. The highest BCUT2D eigenvalue weighted by molar-refractivity contribution is 7.79. The van der Waals surface area contributed by atoms with E-state index in [-0.39, 0.29) is 44.4 Å². The van der Waals surface area contributed by atoms with Crippen LogP contribution < -0.4 is 0 Å². The largest absolute Gasteiger partial charge is 0.392 e. The Bertz CT molecular complexity index is 1520. The molecular formula is C26H22ClF3N2O4S. The first-order chi connectivity index (χ1) is 17.4. The van der Waals surface area contributed by atoms with E-state index >= 15 is 4.39 Å². The predicted octanol–water partition coefficient (Wildman–Crippen LogP) is 5.50. The van der Waals surface area contributed by atoms with Crippen molar-refractivity contribution in [3.05, 3.63) is 99.8 Å². The maximum Gasteiger partial charge on any atom is 0.187 e. The number of nitrogens with zero attached hydrogens (tertiary/aromatic N) is 2. The van der Waals surface area contributed by atoms with Crippen LogP contribution in [0.4, 0.5) is 13.2 Å². The minimum absolute atomic E-state index is 0.0680. The van der Waals surface area contributed by atoms with Gasteiger partial charge in [0.1, 0.15) is 28.9 Å². The van der Waals surface area contributed by atoms with Gasteiger partial charge in [0.05, 0.1) is 22.9 Å². The second kappa shape index (κ2) is 10.4. The smallest absolute Gasteiger partial charge is 0.187 e. The van der Waals surface area contributed by atoms with Crippen molar-refractivity contribution in [3.63, 3.8) is 0 Å². The molecule has 0 aliphatic carbocycles. The molecule has 1 heterocycles. The summed E-state index contributed by atoms with van der Waals surface area (Å²) in [6.07, 6.45) is 1.59. The SMILES string of the molecule is CC(C)(O)c1cn(-c2ccc(-c3cc(F)c(CO)c(S(=O)O)c3)cc2F)c(Cc2ccc(F)cc2Cl)n1. The molecule has 11 heteroatoms. The maximum atomic E-state index is 15.5. The summed E-state index contributed by atoms with van der Waals surface area (Å²) < 4.78 is 66.0. The minimum Gasteiger partial charge on any atom is -0.392 e. The third-order valence-electron chi connectivity index (χ3n) is 5.81. The Kier molecular flexibility index (Phi) is 7.59. The third-order valence-corrected chi connectivity index (χ3v) is 6.90. The number of imidazole rings is 1. The van der Waals surface area contributed by atoms with Gasteiger partial charge in [0, 0.05) is 23.2 Å². The van der Waals surface area contributed by atoms with Crippen molar-refractivity contribution in [2.24, 2.45) is 0 Å². The Morgan fingerprint density at radius 2 is 1.73 bits per heavy atom. The molecule has 0 fully saturated rings. The third kappa shape index (κ3) is 5.63. The van der Waals surface area contributed by atoms with E-state index in [1.165, 1.54) is 54.9 Å². The molecule has 1 atom stereocenters. The number of aliphatic hydroxyl groups is 2. The van der Waals surface area contributed by atoms with Crippen LogP contribution in [0.15, 0.2) is 59.6 Å². The molecule has 3 aromatic carbocycles. The van der Waals surface area contributed by atoms with Crippen molar-refractivity contribution in [1.29, 1.82) is 0 Å². The average molecular weight is 551 g/mol. The molecule has 0 aliphatic rings.